The second-order valence-electron chi connectivity index (χ2n) is 5.61. The van der Waals surface area contributed by atoms with Gasteiger partial charge in [0.15, 0.2) is 5.76 Å². The van der Waals surface area contributed by atoms with Gasteiger partial charge in [-0.3, -0.25) is 0 Å². The first-order chi connectivity index (χ1) is 12.0. The summed E-state index contributed by atoms with van der Waals surface area (Å²) in [5.41, 5.74) is 1.92. The van der Waals surface area contributed by atoms with Gasteiger partial charge in [0.05, 0.1) is 10.6 Å². The molecular weight excluding hydrogens is 343 g/mol. The van der Waals surface area contributed by atoms with Crippen LogP contribution in [-0.2, 0) is 16.4 Å². The van der Waals surface area contributed by atoms with Crippen LogP contribution in [0.15, 0.2) is 64.0 Å². The molecule has 0 saturated carbocycles. The van der Waals surface area contributed by atoms with E-state index in [9.17, 15) is 12.8 Å². The number of nitrogens with one attached hydrogen (secondary N) is 1. The van der Waals surface area contributed by atoms with E-state index in [4.69, 9.17) is 4.52 Å². The third kappa shape index (κ3) is 4.12. The molecule has 0 amide bonds. The Hall–Kier alpha value is -2.51. The summed E-state index contributed by atoms with van der Waals surface area (Å²) in [5.74, 6) is 0.167. The van der Waals surface area contributed by atoms with E-state index in [1.807, 2.05) is 30.3 Å². The molecular formula is C18H17FN2O3S. The van der Waals surface area contributed by atoms with Gasteiger partial charge in [0.1, 0.15) is 5.82 Å². The Morgan fingerprint density at radius 3 is 2.60 bits per heavy atom. The molecule has 0 aliphatic carbocycles. The monoisotopic (exact) mass is 360 g/mol. The molecule has 3 rings (SSSR count). The lowest BCUT2D eigenvalue weighted by Gasteiger charge is -2.08. The van der Waals surface area contributed by atoms with Crippen LogP contribution in [0.4, 0.5) is 4.39 Å². The van der Waals surface area contributed by atoms with E-state index in [-0.39, 0.29) is 11.4 Å². The summed E-state index contributed by atoms with van der Waals surface area (Å²) in [4.78, 5) is 0.0685. The minimum atomic E-state index is -3.70. The molecule has 0 saturated heterocycles. The molecule has 0 bridgehead atoms. The zero-order valence-corrected chi connectivity index (χ0v) is 14.4. The van der Waals surface area contributed by atoms with Gasteiger partial charge >= 0.3 is 0 Å². The summed E-state index contributed by atoms with van der Waals surface area (Å²) in [6.07, 6.45) is 0.385. The predicted octanol–water partition coefficient (Wildman–Crippen LogP) is 3.31. The second-order valence-corrected chi connectivity index (χ2v) is 7.34. The smallest absolute Gasteiger partial charge is 0.240 e. The van der Waals surface area contributed by atoms with Gasteiger partial charge in [-0.15, -0.1) is 0 Å². The molecule has 0 aliphatic heterocycles. The average Bonchev–Trinajstić information content (AvgIpc) is 3.04. The number of halogens is 1. The van der Waals surface area contributed by atoms with Crippen molar-refractivity contribution in [1.82, 2.24) is 9.88 Å². The van der Waals surface area contributed by atoms with Gasteiger partial charge in [0.25, 0.3) is 0 Å². The Morgan fingerprint density at radius 2 is 1.88 bits per heavy atom. The van der Waals surface area contributed by atoms with E-state index in [1.165, 1.54) is 12.1 Å². The molecule has 5 nitrogen and oxygen atoms in total. The first-order valence-corrected chi connectivity index (χ1v) is 9.21. The molecule has 7 heteroatoms. The Balaban J connectivity index is 1.64. The maximum atomic E-state index is 13.1. The van der Waals surface area contributed by atoms with Gasteiger partial charge < -0.3 is 4.52 Å². The molecule has 2 aromatic carbocycles. The van der Waals surface area contributed by atoms with Crippen LogP contribution in [0.1, 0.15) is 11.3 Å². The predicted molar refractivity (Wildman–Crippen MR) is 92.0 cm³/mol. The fourth-order valence-electron chi connectivity index (χ4n) is 2.47. The Morgan fingerprint density at radius 1 is 1.12 bits per heavy atom. The molecule has 3 aromatic rings. The average molecular weight is 360 g/mol. The molecule has 1 heterocycles. The van der Waals surface area contributed by atoms with E-state index in [1.54, 1.807) is 13.0 Å². The first kappa shape index (κ1) is 17.3. The molecule has 0 radical (unpaired) electrons. The summed E-state index contributed by atoms with van der Waals surface area (Å²) in [7, 11) is -3.70. The van der Waals surface area contributed by atoms with Gasteiger partial charge in [-0.25, -0.2) is 17.5 Å². The van der Waals surface area contributed by atoms with Crippen molar-refractivity contribution in [3.05, 3.63) is 71.7 Å². The lowest BCUT2D eigenvalue weighted by Crippen LogP contribution is -2.26. The molecule has 25 heavy (non-hydrogen) atoms. The van der Waals surface area contributed by atoms with Crippen LogP contribution in [-0.4, -0.2) is 20.1 Å². The minimum absolute atomic E-state index is 0.0685. The molecule has 0 unspecified atom stereocenters. The van der Waals surface area contributed by atoms with E-state index in [0.29, 0.717) is 23.4 Å². The first-order valence-electron chi connectivity index (χ1n) is 7.72. The van der Waals surface area contributed by atoms with E-state index < -0.39 is 15.8 Å². The van der Waals surface area contributed by atoms with Crippen LogP contribution in [0, 0.1) is 12.7 Å². The highest BCUT2D eigenvalue weighted by molar-refractivity contribution is 7.89. The van der Waals surface area contributed by atoms with Crippen molar-refractivity contribution in [2.75, 3.05) is 6.54 Å². The number of aryl methyl sites for hydroxylation is 1. The number of nitrogens with zero attached hydrogens (tertiary/aromatic N) is 1. The number of hydrogen-bond acceptors (Lipinski definition) is 4. The fraction of sp³-hybridized carbons (Fsp3) is 0.167. The third-order valence-corrected chi connectivity index (χ3v) is 5.34. The lowest BCUT2D eigenvalue weighted by atomic mass is 10.1. The lowest BCUT2D eigenvalue weighted by molar-refractivity contribution is 0.423. The number of benzene rings is 2. The van der Waals surface area contributed by atoms with E-state index in [0.717, 1.165) is 11.6 Å². The van der Waals surface area contributed by atoms with Crippen molar-refractivity contribution in [1.29, 1.82) is 0 Å². The second kappa shape index (κ2) is 7.16. The van der Waals surface area contributed by atoms with Crippen molar-refractivity contribution in [2.45, 2.75) is 18.2 Å². The maximum absolute atomic E-state index is 13.1. The number of rotatable bonds is 6. The Labute approximate surface area is 145 Å². The molecule has 0 spiro atoms. The highest BCUT2D eigenvalue weighted by Crippen LogP contribution is 2.20. The number of aromatic nitrogens is 1. The molecule has 0 fully saturated rings. The summed E-state index contributed by atoms with van der Waals surface area (Å²) < 4.78 is 45.5. The molecule has 0 atom stereocenters. The van der Waals surface area contributed by atoms with Crippen molar-refractivity contribution in [2.24, 2.45) is 0 Å². The fourth-order valence-corrected chi connectivity index (χ4v) is 3.73. The van der Waals surface area contributed by atoms with Gasteiger partial charge in [-0.1, -0.05) is 35.5 Å². The standard InChI is InChI=1S/C18H17FN2O3S/c1-13-11-15(19)7-8-18(13)25(22,23)20-10-9-16-12-17(24-21-16)14-5-3-2-4-6-14/h2-8,11-12,20H,9-10H2,1H3. The van der Waals surface area contributed by atoms with Crippen LogP contribution < -0.4 is 4.72 Å². The van der Waals surface area contributed by atoms with Crippen molar-refractivity contribution in [3.63, 3.8) is 0 Å². The summed E-state index contributed by atoms with van der Waals surface area (Å²) in [5, 5.41) is 3.95. The summed E-state index contributed by atoms with van der Waals surface area (Å²) in [6, 6.07) is 14.9. The largest absolute Gasteiger partial charge is 0.356 e. The zero-order valence-electron chi connectivity index (χ0n) is 13.6. The highest BCUT2D eigenvalue weighted by Gasteiger charge is 2.17. The topological polar surface area (TPSA) is 72.2 Å². The Kier molecular flexibility index (Phi) is 4.96. The number of sulfonamides is 1. The normalized spacial score (nSPS) is 11.6. The van der Waals surface area contributed by atoms with Crippen LogP contribution in [0.3, 0.4) is 0 Å². The summed E-state index contributed by atoms with van der Waals surface area (Å²) in [6.45, 7) is 1.72. The van der Waals surface area contributed by atoms with Crippen molar-refractivity contribution >= 4 is 10.0 Å². The highest BCUT2D eigenvalue weighted by atomic mass is 32.2. The van der Waals surface area contributed by atoms with Gasteiger partial charge in [0, 0.05) is 24.6 Å². The van der Waals surface area contributed by atoms with Crippen LogP contribution >= 0.6 is 0 Å². The van der Waals surface area contributed by atoms with Gasteiger partial charge in [-0.05, 0) is 30.7 Å². The van der Waals surface area contributed by atoms with E-state index in [2.05, 4.69) is 9.88 Å². The van der Waals surface area contributed by atoms with Crippen LogP contribution in [0.25, 0.3) is 11.3 Å². The minimum Gasteiger partial charge on any atom is -0.356 e. The molecule has 0 aliphatic rings. The quantitative estimate of drug-likeness (QED) is 0.732. The molecule has 1 N–H and O–H groups in total. The van der Waals surface area contributed by atoms with Crippen LogP contribution in [0.5, 0.6) is 0 Å². The van der Waals surface area contributed by atoms with Crippen LogP contribution in [0.2, 0.25) is 0 Å². The third-order valence-electron chi connectivity index (χ3n) is 3.72. The zero-order chi connectivity index (χ0) is 17.9. The van der Waals surface area contributed by atoms with Gasteiger partial charge in [0.2, 0.25) is 10.0 Å². The van der Waals surface area contributed by atoms with Gasteiger partial charge in [-0.2, -0.15) is 0 Å². The van der Waals surface area contributed by atoms with E-state index >= 15 is 0 Å². The van der Waals surface area contributed by atoms with Crippen molar-refractivity contribution < 1.29 is 17.3 Å². The van der Waals surface area contributed by atoms with Crippen molar-refractivity contribution in [3.8, 4) is 11.3 Å². The Bertz CT molecular complexity index is 969. The SMILES string of the molecule is Cc1cc(F)ccc1S(=O)(=O)NCCc1cc(-c2ccccc2)on1. The molecule has 1 aromatic heterocycles. The summed E-state index contributed by atoms with van der Waals surface area (Å²) >= 11 is 0. The maximum Gasteiger partial charge on any atom is 0.240 e. The number of hydrogen-bond donors (Lipinski definition) is 1. The molecule has 130 valence electrons.